The molecule has 6 nitrogen and oxygen atoms in total. The summed E-state index contributed by atoms with van der Waals surface area (Å²) in [5.41, 5.74) is 0.0145. The Hall–Kier alpha value is -2.24. The summed E-state index contributed by atoms with van der Waals surface area (Å²) in [7, 11) is 3.06. The van der Waals surface area contributed by atoms with Crippen molar-refractivity contribution in [1.82, 2.24) is 5.32 Å². The van der Waals surface area contributed by atoms with Crippen molar-refractivity contribution < 1.29 is 19.1 Å². The lowest BCUT2D eigenvalue weighted by molar-refractivity contribution is -0.130. The van der Waals surface area contributed by atoms with E-state index >= 15 is 0 Å². The number of benzene rings is 1. The van der Waals surface area contributed by atoms with E-state index in [-0.39, 0.29) is 18.4 Å². The van der Waals surface area contributed by atoms with Crippen molar-refractivity contribution in [3.8, 4) is 11.5 Å². The number of amides is 2. The fraction of sp³-hybridized carbons (Fsp3) is 0.467. The van der Waals surface area contributed by atoms with Crippen LogP contribution in [0.4, 0.5) is 5.69 Å². The zero-order valence-corrected chi connectivity index (χ0v) is 13.1. The molecule has 0 aliphatic rings. The smallest absolute Gasteiger partial charge is 0.243 e. The lowest BCUT2D eigenvalue weighted by Crippen LogP contribution is -2.39. The highest BCUT2D eigenvalue weighted by atomic mass is 16.5. The third-order valence-electron chi connectivity index (χ3n) is 2.73. The lowest BCUT2D eigenvalue weighted by atomic mass is 9.96. The number of hydrogen-bond acceptors (Lipinski definition) is 4. The molecule has 0 heterocycles. The second-order valence-corrected chi connectivity index (χ2v) is 5.58. The normalized spacial score (nSPS) is 10.7. The van der Waals surface area contributed by atoms with Gasteiger partial charge in [-0.15, -0.1) is 0 Å². The number of methoxy groups -OCH3 is 2. The number of rotatable bonds is 5. The first-order chi connectivity index (χ1) is 9.76. The number of nitrogens with one attached hydrogen (secondary N) is 2. The van der Waals surface area contributed by atoms with Gasteiger partial charge in [0.05, 0.1) is 20.8 Å². The van der Waals surface area contributed by atoms with Gasteiger partial charge in [-0.3, -0.25) is 9.59 Å². The third kappa shape index (κ3) is 5.33. The Bertz CT molecular complexity index is 499. The maximum atomic E-state index is 11.8. The van der Waals surface area contributed by atoms with Gasteiger partial charge in [-0.25, -0.2) is 0 Å². The molecule has 0 radical (unpaired) electrons. The van der Waals surface area contributed by atoms with Gasteiger partial charge in [-0.1, -0.05) is 20.8 Å². The Kier molecular flexibility index (Phi) is 5.58. The van der Waals surface area contributed by atoms with E-state index in [4.69, 9.17) is 9.47 Å². The Labute approximate surface area is 124 Å². The molecule has 0 bridgehead atoms. The van der Waals surface area contributed by atoms with Gasteiger partial charge in [0.1, 0.15) is 11.5 Å². The van der Waals surface area contributed by atoms with Gasteiger partial charge in [0, 0.05) is 29.3 Å². The van der Waals surface area contributed by atoms with Gasteiger partial charge in [0.25, 0.3) is 0 Å². The topological polar surface area (TPSA) is 76.7 Å². The van der Waals surface area contributed by atoms with E-state index in [2.05, 4.69) is 10.6 Å². The van der Waals surface area contributed by atoms with E-state index in [1.807, 2.05) is 0 Å². The molecular weight excluding hydrogens is 272 g/mol. The summed E-state index contributed by atoms with van der Waals surface area (Å²) in [6.07, 6.45) is 0. The molecule has 0 aliphatic carbocycles. The molecule has 0 atom stereocenters. The molecule has 116 valence electrons. The molecule has 1 rings (SSSR count). The molecule has 0 spiro atoms. The minimum absolute atomic E-state index is 0.0877. The molecule has 0 aromatic heterocycles. The quantitative estimate of drug-likeness (QED) is 0.868. The minimum Gasteiger partial charge on any atom is -0.497 e. The Morgan fingerprint density at radius 3 is 2.00 bits per heavy atom. The fourth-order valence-corrected chi connectivity index (χ4v) is 1.51. The highest BCUT2D eigenvalue weighted by Crippen LogP contribution is 2.25. The number of ether oxygens (including phenoxy) is 2. The van der Waals surface area contributed by atoms with Gasteiger partial charge in [0.2, 0.25) is 11.8 Å². The molecule has 2 N–H and O–H groups in total. The molecule has 0 unspecified atom stereocenters. The van der Waals surface area contributed by atoms with E-state index in [1.54, 1.807) is 39.0 Å². The van der Waals surface area contributed by atoms with Crippen LogP contribution < -0.4 is 20.1 Å². The molecule has 0 aliphatic heterocycles. The van der Waals surface area contributed by atoms with Crippen LogP contribution in [-0.2, 0) is 9.59 Å². The van der Waals surface area contributed by atoms with E-state index < -0.39 is 5.41 Å². The predicted molar refractivity (Wildman–Crippen MR) is 80.6 cm³/mol. The second-order valence-electron chi connectivity index (χ2n) is 5.58. The minimum atomic E-state index is -0.528. The zero-order chi connectivity index (χ0) is 16.0. The number of carbonyl (C=O) groups excluding carboxylic acids is 2. The average molecular weight is 294 g/mol. The molecule has 1 aromatic rings. The first kappa shape index (κ1) is 16.8. The van der Waals surface area contributed by atoms with Crippen LogP contribution >= 0.6 is 0 Å². The van der Waals surface area contributed by atoms with E-state index in [0.717, 1.165) is 0 Å². The van der Waals surface area contributed by atoms with Gasteiger partial charge in [-0.05, 0) is 0 Å². The van der Waals surface area contributed by atoms with Gasteiger partial charge >= 0.3 is 0 Å². The van der Waals surface area contributed by atoms with Crippen LogP contribution in [-0.4, -0.2) is 32.6 Å². The molecular formula is C15H22N2O4. The average Bonchev–Trinajstić information content (AvgIpc) is 2.43. The summed E-state index contributed by atoms with van der Waals surface area (Å²) >= 11 is 0. The van der Waals surface area contributed by atoms with Gasteiger partial charge < -0.3 is 20.1 Å². The predicted octanol–water partition coefficient (Wildman–Crippen LogP) is 1.80. The molecule has 21 heavy (non-hydrogen) atoms. The highest BCUT2D eigenvalue weighted by Gasteiger charge is 2.21. The zero-order valence-electron chi connectivity index (χ0n) is 13.1. The van der Waals surface area contributed by atoms with Gasteiger partial charge in [-0.2, -0.15) is 0 Å². The maximum Gasteiger partial charge on any atom is 0.243 e. The molecule has 0 saturated heterocycles. The molecule has 1 aromatic carbocycles. The first-order valence-electron chi connectivity index (χ1n) is 6.57. The van der Waals surface area contributed by atoms with Crippen molar-refractivity contribution in [3.63, 3.8) is 0 Å². The number of anilines is 1. The van der Waals surface area contributed by atoms with Crippen molar-refractivity contribution in [2.24, 2.45) is 5.41 Å². The monoisotopic (exact) mass is 294 g/mol. The van der Waals surface area contributed by atoms with Crippen molar-refractivity contribution >= 4 is 17.5 Å². The molecule has 0 fully saturated rings. The van der Waals surface area contributed by atoms with Crippen molar-refractivity contribution in [2.75, 3.05) is 26.1 Å². The van der Waals surface area contributed by atoms with E-state index in [0.29, 0.717) is 17.2 Å². The van der Waals surface area contributed by atoms with Crippen molar-refractivity contribution in [2.45, 2.75) is 20.8 Å². The summed E-state index contributed by atoms with van der Waals surface area (Å²) < 4.78 is 10.2. The summed E-state index contributed by atoms with van der Waals surface area (Å²) in [5, 5.41) is 5.27. The third-order valence-corrected chi connectivity index (χ3v) is 2.73. The first-order valence-corrected chi connectivity index (χ1v) is 6.57. The molecule has 0 saturated carbocycles. The SMILES string of the molecule is COc1cc(NC(=O)CNC(=O)C(C)(C)C)cc(OC)c1. The molecule has 6 heteroatoms. The van der Waals surface area contributed by atoms with Crippen LogP contribution in [0, 0.1) is 5.41 Å². The molecule has 2 amide bonds. The number of hydrogen-bond donors (Lipinski definition) is 2. The van der Waals surface area contributed by atoms with E-state index in [1.165, 1.54) is 14.2 Å². The van der Waals surface area contributed by atoms with Crippen LogP contribution in [0.5, 0.6) is 11.5 Å². The highest BCUT2D eigenvalue weighted by molar-refractivity contribution is 5.95. The Morgan fingerprint density at radius 1 is 1.05 bits per heavy atom. The van der Waals surface area contributed by atoms with Crippen molar-refractivity contribution in [1.29, 1.82) is 0 Å². The summed E-state index contributed by atoms with van der Waals surface area (Å²) in [5.74, 6) is 0.649. The van der Waals surface area contributed by atoms with Crippen molar-refractivity contribution in [3.05, 3.63) is 18.2 Å². The summed E-state index contributed by atoms with van der Waals surface area (Å²) in [6, 6.07) is 5.05. The summed E-state index contributed by atoms with van der Waals surface area (Å²) in [6.45, 7) is 5.27. The maximum absolute atomic E-state index is 11.8. The van der Waals surface area contributed by atoms with Crippen LogP contribution in [0.15, 0.2) is 18.2 Å². The lowest BCUT2D eigenvalue weighted by Gasteiger charge is -2.17. The van der Waals surface area contributed by atoms with Crippen LogP contribution in [0.2, 0.25) is 0 Å². The van der Waals surface area contributed by atoms with Crippen LogP contribution in [0.1, 0.15) is 20.8 Å². The summed E-state index contributed by atoms with van der Waals surface area (Å²) in [4.78, 5) is 23.5. The van der Waals surface area contributed by atoms with E-state index in [9.17, 15) is 9.59 Å². The van der Waals surface area contributed by atoms with Gasteiger partial charge in [0.15, 0.2) is 0 Å². The largest absolute Gasteiger partial charge is 0.497 e. The van der Waals surface area contributed by atoms with Crippen LogP contribution in [0.25, 0.3) is 0 Å². The second kappa shape index (κ2) is 6.97. The van der Waals surface area contributed by atoms with Crippen LogP contribution in [0.3, 0.4) is 0 Å². The standard InChI is InChI=1S/C15H22N2O4/c1-15(2,3)14(19)16-9-13(18)17-10-6-11(20-4)8-12(7-10)21-5/h6-8H,9H2,1-5H3,(H,16,19)(H,17,18). The Morgan fingerprint density at radius 2 is 1.57 bits per heavy atom. The fourth-order valence-electron chi connectivity index (χ4n) is 1.51. The Balaban J connectivity index is 2.65. The number of carbonyl (C=O) groups is 2.